The number of carbonyl (C=O) groups excluding carboxylic acids is 1. The molecule has 0 spiro atoms. The molecular weight excluding hydrogens is 230 g/mol. The van der Waals surface area contributed by atoms with Gasteiger partial charge in [0.05, 0.1) is 17.4 Å². The van der Waals surface area contributed by atoms with Crippen molar-refractivity contribution >= 4 is 17.4 Å². The molecule has 0 atom stereocenters. The van der Waals surface area contributed by atoms with E-state index in [1.165, 1.54) is 19.0 Å². The molecule has 2 rings (SSSR count). The van der Waals surface area contributed by atoms with E-state index in [0.29, 0.717) is 17.1 Å². The van der Waals surface area contributed by atoms with Crippen molar-refractivity contribution in [2.75, 3.05) is 37.2 Å². The van der Waals surface area contributed by atoms with Crippen LogP contribution in [0.15, 0.2) is 12.3 Å². The molecule has 0 bridgehead atoms. The van der Waals surface area contributed by atoms with Crippen LogP contribution in [0.3, 0.4) is 0 Å². The van der Waals surface area contributed by atoms with Gasteiger partial charge in [0.1, 0.15) is 5.82 Å². The number of aromatic nitrogens is 1. The van der Waals surface area contributed by atoms with Gasteiger partial charge in [-0.3, -0.25) is 4.79 Å². The van der Waals surface area contributed by atoms with Gasteiger partial charge in [-0.1, -0.05) is 0 Å². The zero-order valence-electron chi connectivity index (χ0n) is 10.4. The van der Waals surface area contributed by atoms with Crippen molar-refractivity contribution in [3.05, 3.63) is 17.8 Å². The van der Waals surface area contributed by atoms with Crippen LogP contribution in [0.2, 0.25) is 0 Å². The van der Waals surface area contributed by atoms with Gasteiger partial charge in [-0.25, -0.2) is 4.98 Å². The van der Waals surface area contributed by atoms with E-state index in [0.717, 1.165) is 26.2 Å². The van der Waals surface area contributed by atoms with Crippen molar-refractivity contribution in [2.24, 2.45) is 5.73 Å². The van der Waals surface area contributed by atoms with Crippen molar-refractivity contribution < 1.29 is 4.79 Å². The van der Waals surface area contributed by atoms with Crippen molar-refractivity contribution in [1.82, 2.24) is 9.88 Å². The zero-order valence-corrected chi connectivity index (χ0v) is 10.4. The number of nitrogens with two attached hydrogens (primary N) is 2. The first kappa shape index (κ1) is 12.6. The van der Waals surface area contributed by atoms with Crippen LogP contribution in [0.25, 0.3) is 0 Å². The quantitative estimate of drug-likeness (QED) is 0.696. The molecule has 1 aliphatic heterocycles. The number of nitrogens with one attached hydrogen (secondary N) is 1. The van der Waals surface area contributed by atoms with Crippen LogP contribution in [-0.2, 0) is 0 Å². The average Bonchev–Trinajstić information content (AvgIpc) is 2.84. The molecule has 1 fully saturated rings. The molecule has 1 aromatic rings. The van der Waals surface area contributed by atoms with Gasteiger partial charge < -0.3 is 21.7 Å². The maximum absolute atomic E-state index is 11.3. The third-order valence-corrected chi connectivity index (χ3v) is 3.09. The largest absolute Gasteiger partial charge is 0.397 e. The first-order valence-corrected chi connectivity index (χ1v) is 6.18. The molecule has 6 nitrogen and oxygen atoms in total. The Bertz CT molecular complexity index is 428. The molecular formula is C12H19N5O. The molecule has 98 valence electrons. The Morgan fingerprint density at radius 2 is 2.17 bits per heavy atom. The van der Waals surface area contributed by atoms with Gasteiger partial charge in [-0.05, 0) is 32.0 Å². The number of nitrogen functional groups attached to an aromatic ring is 1. The molecule has 0 saturated carbocycles. The molecule has 1 aliphatic rings. The standard InChI is InChI=1S/C12H19N5O/c13-9-7-10(11(14)18)12(16-8-9)15-3-6-17-4-1-2-5-17/h7-8H,1-6,13H2,(H2,14,18)(H,15,16). The van der Waals surface area contributed by atoms with Gasteiger partial charge in [0.15, 0.2) is 0 Å². The van der Waals surface area contributed by atoms with E-state index in [1.54, 1.807) is 6.07 Å². The Kier molecular flexibility index (Phi) is 3.99. The molecule has 0 aromatic carbocycles. The minimum atomic E-state index is -0.515. The number of anilines is 2. The highest BCUT2D eigenvalue weighted by Gasteiger charge is 2.12. The summed E-state index contributed by atoms with van der Waals surface area (Å²) in [5, 5.41) is 3.14. The number of likely N-dealkylation sites (tertiary alicyclic amines) is 1. The van der Waals surface area contributed by atoms with E-state index in [-0.39, 0.29) is 0 Å². The van der Waals surface area contributed by atoms with E-state index in [9.17, 15) is 4.79 Å². The van der Waals surface area contributed by atoms with Crippen LogP contribution in [0.5, 0.6) is 0 Å². The normalized spacial score (nSPS) is 15.8. The summed E-state index contributed by atoms with van der Waals surface area (Å²) in [4.78, 5) is 17.8. The highest BCUT2D eigenvalue weighted by Crippen LogP contribution is 2.14. The topological polar surface area (TPSA) is 97.3 Å². The number of carbonyl (C=O) groups is 1. The monoisotopic (exact) mass is 249 g/mol. The minimum absolute atomic E-state index is 0.344. The highest BCUT2D eigenvalue weighted by atomic mass is 16.1. The van der Waals surface area contributed by atoms with E-state index in [2.05, 4.69) is 15.2 Å². The van der Waals surface area contributed by atoms with Crippen molar-refractivity contribution in [1.29, 1.82) is 0 Å². The number of rotatable bonds is 5. The predicted molar refractivity (Wildman–Crippen MR) is 71.3 cm³/mol. The molecule has 0 aliphatic carbocycles. The van der Waals surface area contributed by atoms with E-state index in [1.807, 2.05) is 0 Å². The second-order valence-corrected chi connectivity index (χ2v) is 4.50. The smallest absolute Gasteiger partial charge is 0.252 e. The molecule has 1 saturated heterocycles. The van der Waals surface area contributed by atoms with Gasteiger partial charge in [-0.2, -0.15) is 0 Å². The van der Waals surface area contributed by atoms with Crippen molar-refractivity contribution in [3.8, 4) is 0 Å². The Balaban J connectivity index is 1.93. The SMILES string of the molecule is NC(=O)c1cc(N)cnc1NCCN1CCCC1. The van der Waals surface area contributed by atoms with Crippen LogP contribution in [0, 0.1) is 0 Å². The van der Waals surface area contributed by atoms with Gasteiger partial charge in [-0.15, -0.1) is 0 Å². The maximum atomic E-state index is 11.3. The average molecular weight is 249 g/mol. The fourth-order valence-electron chi connectivity index (χ4n) is 2.15. The number of hydrogen-bond acceptors (Lipinski definition) is 5. The number of primary amides is 1. The highest BCUT2D eigenvalue weighted by molar-refractivity contribution is 5.98. The molecule has 2 heterocycles. The Morgan fingerprint density at radius 3 is 2.83 bits per heavy atom. The first-order valence-electron chi connectivity index (χ1n) is 6.18. The lowest BCUT2D eigenvalue weighted by molar-refractivity contribution is 0.100. The number of amides is 1. The lowest BCUT2D eigenvalue weighted by atomic mass is 10.2. The molecule has 1 aromatic heterocycles. The molecule has 1 amide bonds. The lowest BCUT2D eigenvalue weighted by Gasteiger charge is -2.15. The predicted octanol–water partition coefficient (Wildman–Crippen LogP) is 0.270. The zero-order chi connectivity index (χ0) is 13.0. The summed E-state index contributed by atoms with van der Waals surface area (Å²) < 4.78 is 0. The van der Waals surface area contributed by atoms with Gasteiger partial charge >= 0.3 is 0 Å². The third kappa shape index (κ3) is 3.10. The summed E-state index contributed by atoms with van der Waals surface area (Å²) in [5.74, 6) is -0.00521. The minimum Gasteiger partial charge on any atom is -0.397 e. The number of pyridine rings is 1. The lowest BCUT2D eigenvalue weighted by Crippen LogP contribution is -2.27. The molecule has 0 radical (unpaired) electrons. The Hall–Kier alpha value is -1.82. The molecule has 6 heteroatoms. The molecule has 18 heavy (non-hydrogen) atoms. The molecule has 5 N–H and O–H groups in total. The summed E-state index contributed by atoms with van der Waals surface area (Å²) in [6.07, 6.45) is 4.06. The van der Waals surface area contributed by atoms with E-state index < -0.39 is 5.91 Å². The van der Waals surface area contributed by atoms with Crippen LogP contribution in [0.1, 0.15) is 23.2 Å². The fourth-order valence-corrected chi connectivity index (χ4v) is 2.15. The van der Waals surface area contributed by atoms with Gasteiger partial charge in [0.2, 0.25) is 0 Å². The van der Waals surface area contributed by atoms with E-state index in [4.69, 9.17) is 11.5 Å². The number of nitrogens with zero attached hydrogens (tertiary/aromatic N) is 2. The summed E-state index contributed by atoms with van der Waals surface area (Å²) >= 11 is 0. The Morgan fingerprint density at radius 1 is 1.44 bits per heavy atom. The second-order valence-electron chi connectivity index (χ2n) is 4.50. The van der Waals surface area contributed by atoms with Crippen molar-refractivity contribution in [2.45, 2.75) is 12.8 Å². The second kappa shape index (κ2) is 5.68. The molecule has 0 unspecified atom stereocenters. The third-order valence-electron chi connectivity index (χ3n) is 3.09. The summed E-state index contributed by atoms with van der Waals surface area (Å²) in [7, 11) is 0. The van der Waals surface area contributed by atoms with Crippen LogP contribution >= 0.6 is 0 Å². The van der Waals surface area contributed by atoms with Crippen LogP contribution in [-0.4, -0.2) is 42.0 Å². The van der Waals surface area contributed by atoms with Crippen molar-refractivity contribution in [3.63, 3.8) is 0 Å². The Labute approximate surface area is 106 Å². The summed E-state index contributed by atoms with van der Waals surface area (Å²) in [5.41, 5.74) is 11.7. The fraction of sp³-hybridized carbons (Fsp3) is 0.500. The van der Waals surface area contributed by atoms with Crippen LogP contribution < -0.4 is 16.8 Å². The maximum Gasteiger partial charge on any atom is 0.252 e. The first-order chi connectivity index (χ1) is 8.66. The van der Waals surface area contributed by atoms with Gasteiger partial charge in [0.25, 0.3) is 5.91 Å². The van der Waals surface area contributed by atoms with Crippen LogP contribution in [0.4, 0.5) is 11.5 Å². The summed E-state index contributed by atoms with van der Waals surface area (Å²) in [6, 6.07) is 1.55. The van der Waals surface area contributed by atoms with E-state index >= 15 is 0 Å². The summed E-state index contributed by atoms with van der Waals surface area (Å²) in [6.45, 7) is 4.00. The van der Waals surface area contributed by atoms with Gasteiger partial charge in [0, 0.05) is 13.1 Å². The number of hydrogen-bond donors (Lipinski definition) is 3.